The molecule has 0 spiro atoms. The highest BCUT2D eigenvalue weighted by Gasteiger charge is 2.17. The number of rotatable bonds is 11. The molecule has 10 heteroatoms. The van der Waals surface area contributed by atoms with E-state index in [2.05, 4.69) is 22.4 Å². The molecular weight excluding hydrogens is 418 g/mol. The second kappa shape index (κ2) is 10.9. The zero-order chi connectivity index (χ0) is 22.2. The van der Waals surface area contributed by atoms with Crippen molar-refractivity contribution in [2.45, 2.75) is 51.2 Å². The SMILES string of the molecule is CCCCn1c(=O)c2ccccc2n2c(SCC(=O)NCCCC(=O)OCC)nnc12. The van der Waals surface area contributed by atoms with E-state index in [4.69, 9.17) is 4.74 Å². The van der Waals surface area contributed by atoms with Crippen LogP contribution in [0.1, 0.15) is 39.5 Å². The summed E-state index contributed by atoms with van der Waals surface area (Å²) in [7, 11) is 0. The van der Waals surface area contributed by atoms with Crippen molar-refractivity contribution in [3.05, 3.63) is 34.6 Å². The van der Waals surface area contributed by atoms with Gasteiger partial charge in [-0.3, -0.25) is 23.4 Å². The van der Waals surface area contributed by atoms with Gasteiger partial charge in [0, 0.05) is 19.5 Å². The molecule has 1 N–H and O–H groups in total. The Morgan fingerprint density at radius 1 is 1.16 bits per heavy atom. The fraction of sp³-hybridized carbons (Fsp3) is 0.476. The van der Waals surface area contributed by atoms with Crippen molar-refractivity contribution in [1.29, 1.82) is 0 Å². The summed E-state index contributed by atoms with van der Waals surface area (Å²) in [6.07, 6.45) is 2.61. The number of nitrogens with one attached hydrogen (secondary N) is 1. The first kappa shape index (κ1) is 22.8. The van der Waals surface area contributed by atoms with Gasteiger partial charge in [-0.15, -0.1) is 10.2 Å². The number of para-hydroxylation sites is 1. The normalized spacial score (nSPS) is 11.2. The van der Waals surface area contributed by atoms with E-state index < -0.39 is 0 Å². The van der Waals surface area contributed by atoms with Gasteiger partial charge in [-0.1, -0.05) is 37.2 Å². The number of aromatic nitrogens is 4. The molecule has 9 nitrogen and oxygen atoms in total. The summed E-state index contributed by atoms with van der Waals surface area (Å²) in [5.41, 5.74) is 0.637. The van der Waals surface area contributed by atoms with E-state index in [-0.39, 0.29) is 29.6 Å². The average Bonchev–Trinajstić information content (AvgIpc) is 3.19. The smallest absolute Gasteiger partial charge is 0.305 e. The van der Waals surface area contributed by atoms with E-state index in [1.165, 1.54) is 11.8 Å². The number of unbranched alkanes of at least 4 members (excludes halogenated alkanes) is 1. The number of thioether (sulfide) groups is 1. The van der Waals surface area contributed by atoms with Crippen LogP contribution >= 0.6 is 11.8 Å². The number of fused-ring (bicyclic) bond motifs is 3. The van der Waals surface area contributed by atoms with Crippen molar-refractivity contribution >= 4 is 40.3 Å². The van der Waals surface area contributed by atoms with Gasteiger partial charge in [-0.25, -0.2) is 0 Å². The Balaban J connectivity index is 1.73. The summed E-state index contributed by atoms with van der Waals surface area (Å²) in [6, 6.07) is 7.35. The molecule has 0 radical (unpaired) electrons. The van der Waals surface area contributed by atoms with Crippen molar-refractivity contribution in [1.82, 2.24) is 24.5 Å². The second-order valence-corrected chi connectivity index (χ2v) is 7.94. The maximum atomic E-state index is 12.9. The Morgan fingerprint density at radius 3 is 2.74 bits per heavy atom. The first-order chi connectivity index (χ1) is 15.1. The van der Waals surface area contributed by atoms with Gasteiger partial charge >= 0.3 is 5.97 Å². The Morgan fingerprint density at radius 2 is 1.97 bits per heavy atom. The van der Waals surface area contributed by atoms with Crippen molar-refractivity contribution in [2.75, 3.05) is 18.9 Å². The number of benzene rings is 1. The van der Waals surface area contributed by atoms with Gasteiger partial charge < -0.3 is 10.1 Å². The summed E-state index contributed by atoms with van der Waals surface area (Å²) in [6.45, 7) is 5.15. The number of amides is 1. The lowest BCUT2D eigenvalue weighted by molar-refractivity contribution is -0.143. The van der Waals surface area contributed by atoms with Gasteiger partial charge in [-0.2, -0.15) is 0 Å². The summed E-state index contributed by atoms with van der Waals surface area (Å²) in [5, 5.41) is 12.4. The molecule has 3 rings (SSSR count). The lowest BCUT2D eigenvalue weighted by Gasteiger charge is -2.10. The van der Waals surface area contributed by atoms with Crippen molar-refractivity contribution in [2.24, 2.45) is 0 Å². The van der Waals surface area contributed by atoms with Gasteiger partial charge in [0.25, 0.3) is 5.56 Å². The highest BCUT2D eigenvalue weighted by molar-refractivity contribution is 7.99. The van der Waals surface area contributed by atoms with Gasteiger partial charge in [0.15, 0.2) is 5.16 Å². The van der Waals surface area contributed by atoms with Crippen LogP contribution in [0.15, 0.2) is 34.2 Å². The number of carbonyl (C=O) groups is 2. The van der Waals surface area contributed by atoms with E-state index in [1.807, 2.05) is 22.6 Å². The summed E-state index contributed by atoms with van der Waals surface area (Å²) >= 11 is 1.26. The van der Waals surface area contributed by atoms with Gasteiger partial charge in [-0.05, 0) is 31.9 Å². The maximum absolute atomic E-state index is 12.9. The summed E-state index contributed by atoms with van der Waals surface area (Å²) in [4.78, 5) is 36.5. The number of hydrogen-bond acceptors (Lipinski definition) is 7. The van der Waals surface area contributed by atoms with E-state index in [9.17, 15) is 14.4 Å². The first-order valence-corrected chi connectivity index (χ1v) is 11.5. The molecule has 0 saturated carbocycles. The zero-order valence-corrected chi connectivity index (χ0v) is 18.6. The summed E-state index contributed by atoms with van der Waals surface area (Å²) < 4.78 is 8.36. The van der Waals surface area contributed by atoms with Crippen LogP contribution in [0.4, 0.5) is 0 Å². The highest BCUT2D eigenvalue weighted by atomic mass is 32.2. The highest BCUT2D eigenvalue weighted by Crippen LogP contribution is 2.21. The van der Waals surface area contributed by atoms with Crippen LogP contribution in [0, 0.1) is 0 Å². The Kier molecular flexibility index (Phi) is 8.05. The quantitative estimate of drug-likeness (QED) is 0.274. The largest absolute Gasteiger partial charge is 0.466 e. The van der Waals surface area contributed by atoms with E-state index in [1.54, 1.807) is 17.6 Å². The third-order valence-electron chi connectivity index (χ3n) is 4.73. The molecule has 1 aromatic carbocycles. The topological polar surface area (TPSA) is 108 Å². The predicted octanol–water partition coefficient (Wildman–Crippen LogP) is 2.40. The fourth-order valence-corrected chi connectivity index (χ4v) is 3.99. The Hall–Kier alpha value is -2.88. The molecule has 2 heterocycles. The minimum Gasteiger partial charge on any atom is -0.466 e. The molecule has 2 aromatic heterocycles. The van der Waals surface area contributed by atoms with Crippen LogP contribution in [0.5, 0.6) is 0 Å². The van der Waals surface area contributed by atoms with Gasteiger partial charge in [0.1, 0.15) is 0 Å². The zero-order valence-electron chi connectivity index (χ0n) is 17.8. The molecule has 0 saturated heterocycles. The Bertz CT molecular complexity index is 1120. The molecule has 3 aromatic rings. The number of esters is 1. The van der Waals surface area contributed by atoms with E-state index >= 15 is 0 Å². The number of nitrogens with zero attached hydrogens (tertiary/aromatic N) is 4. The van der Waals surface area contributed by atoms with Crippen molar-refractivity contribution < 1.29 is 14.3 Å². The molecule has 31 heavy (non-hydrogen) atoms. The second-order valence-electron chi connectivity index (χ2n) is 6.99. The Labute approximate surface area is 184 Å². The lowest BCUT2D eigenvalue weighted by atomic mass is 10.2. The van der Waals surface area contributed by atoms with Crippen molar-refractivity contribution in [3.63, 3.8) is 0 Å². The average molecular weight is 446 g/mol. The molecule has 0 unspecified atom stereocenters. The standard InChI is InChI=1S/C21H27N5O4S/c1-3-5-13-25-19(29)15-9-6-7-10-16(15)26-20(25)23-24-21(26)31-14-17(27)22-12-8-11-18(28)30-4-2/h6-7,9-10H,3-5,8,11-14H2,1-2H3,(H,22,27). The number of aryl methyl sites for hydroxylation is 1. The van der Waals surface area contributed by atoms with Crippen LogP contribution in [-0.2, 0) is 20.9 Å². The molecular formula is C21H27N5O4S. The number of hydrogen-bond donors (Lipinski definition) is 1. The third kappa shape index (κ3) is 5.43. The molecule has 0 atom stereocenters. The number of carbonyl (C=O) groups excluding carboxylic acids is 2. The minimum atomic E-state index is -0.262. The molecule has 0 aliphatic heterocycles. The molecule has 0 bridgehead atoms. The first-order valence-electron chi connectivity index (χ1n) is 10.5. The minimum absolute atomic E-state index is 0.0835. The van der Waals surface area contributed by atoms with Gasteiger partial charge in [0.2, 0.25) is 11.7 Å². The van der Waals surface area contributed by atoms with Crippen LogP contribution in [0.3, 0.4) is 0 Å². The van der Waals surface area contributed by atoms with Crippen LogP contribution in [-0.4, -0.2) is 49.9 Å². The molecule has 0 aliphatic carbocycles. The maximum Gasteiger partial charge on any atom is 0.305 e. The van der Waals surface area contributed by atoms with E-state index in [0.29, 0.717) is 42.4 Å². The molecule has 166 valence electrons. The van der Waals surface area contributed by atoms with Crippen LogP contribution < -0.4 is 10.9 Å². The molecule has 1 amide bonds. The predicted molar refractivity (Wildman–Crippen MR) is 119 cm³/mol. The van der Waals surface area contributed by atoms with Crippen molar-refractivity contribution in [3.8, 4) is 0 Å². The fourth-order valence-electron chi connectivity index (χ4n) is 3.22. The lowest BCUT2D eigenvalue weighted by Crippen LogP contribution is -2.27. The van der Waals surface area contributed by atoms with E-state index in [0.717, 1.165) is 18.4 Å². The number of ether oxygens (including phenoxy) is 1. The summed E-state index contributed by atoms with van der Waals surface area (Å²) in [5.74, 6) is 0.216. The van der Waals surface area contributed by atoms with Crippen LogP contribution in [0.25, 0.3) is 16.7 Å². The molecule has 0 aliphatic rings. The van der Waals surface area contributed by atoms with Gasteiger partial charge in [0.05, 0.1) is 23.3 Å². The third-order valence-corrected chi connectivity index (χ3v) is 5.66. The monoisotopic (exact) mass is 445 g/mol. The van der Waals surface area contributed by atoms with Crippen LogP contribution in [0.2, 0.25) is 0 Å². The molecule has 0 fully saturated rings.